The number of nitrogens with zero attached hydrogens (tertiary/aromatic N) is 1. The highest BCUT2D eigenvalue weighted by atomic mass is 32.1. The van der Waals surface area contributed by atoms with Crippen molar-refractivity contribution >= 4 is 34.1 Å². The quantitative estimate of drug-likeness (QED) is 0.241. The van der Waals surface area contributed by atoms with Crippen LogP contribution < -0.4 is 10.1 Å². The van der Waals surface area contributed by atoms with Crippen molar-refractivity contribution in [3.05, 3.63) is 88.2 Å². The minimum atomic E-state index is -0.794. The summed E-state index contributed by atoms with van der Waals surface area (Å²) < 4.78 is 10.7. The summed E-state index contributed by atoms with van der Waals surface area (Å²) in [5.74, 6) is 0.350. The summed E-state index contributed by atoms with van der Waals surface area (Å²) in [5, 5.41) is 6.01. The van der Waals surface area contributed by atoms with Gasteiger partial charge in [-0.05, 0) is 54.1 Å². The Morgan fingerprint density at radius 2 is 1.89 bits per heavy atom. The smallest absolute Gasteiger partial charge is 0.247 e. The fourth-order valence-electron chi connectivity index (χ4n) is 4.32. The first-order valence-electron chi connectivity index (χ1n) is 12.5. The highest BCUT2D eigenvalue weighted by molar-refractivity contribution is 7.09. The number of aromatic nitrogens is 1. The minimum Gasteiger partial charge on any atom is -0.497 e. The zero-order chi connectivity index (χ0) is 26.0. The van der Waals surface area contributed by atoms with E-state index in [1.165, 1.54) is 0 Å². The number of benzene rings is 2. The summed E-state index contributed by atoms with van der Waals surface area (Å²) in [7, 11) is 1.60. The molecule has 0 saturated heterocycles. The number of hydrogen-bond acceptors (Lipinski definition) is 5. The average Bonchev–Trinajstić information content (AvgIpc) is 3.59. The molecule has 0 radical (unpaired) electrons. The van der Waals surface area contributed by atoms with Crippen molar-refractivity contribution in [1.29, 1.82) is 0 Å². The lowest BCUT2D eigenvalue weighted by Crippen LogP contribution is -2.44. The number of para-hydroxylation sites is 1. The van der Waals surface area contributed by atoms with Gasteiger partial charge in [0.25, 0.3) is 0 Å². The van der Waals surface area contributed by atoms with Crippen molar-refractivity contribution < 1.29 is 19.1 Å². The third kappa shape index (κ3) is 6.78. The number of thiophene rings is 1. The van der Waals surface area contributed by atoms with Gasteiger partial charge in [0, 0.05) is 41.7 Å². The predicted molar refractivity (Wildman–Crippen MR) is 147 cm³/mol. The van der Waals surface area contributed by atoms with E-state index in [9.17, 15) is 9.59 Å². The molecule has 0 aliphatic heterocycles. The second-order valence-electron chi connectivity index (χ2n) is 8.65. The van der Waals surface area contributed by atoms with Gasteiger partial charge in [0.15, 0.2) is 0 Å². The van der Waals surface area contributed by atoms with Crippen LogP contribution in [-0.2, 0) is 27.3 Å². The largest absolute Gasteiger partial charge is 0.497 e. The molecule has 4 aromatic rings. The number of H-pyrrole nitrogens is 1. The monoisotopic (exact) mass is 519 g/mol. The number of nitrogens with one attached hydrogen (secondary N) is 2. The van der Waals surface area contributed by atoms with Gasteiger partial charge >= 0.3 is 0 Å². The molecule has 2 N–H and O–H groups in total. The van der Waals surface area contributed by atoms with Crippen LogP contribution in [0.1, 0.15) is 35.4 Å². The fourth-order valence-corrected chi connectivity index (χ4v) is 5.02. The molecule has 1 atom stereocenters. The van der Waals surface area contributed by atoms with Crippen LogP contribution in [0.25, 0.3) is 10.9 Å². The Balaban J connectivity index is 1.65. The Bertz CT molecular complexity index is 1280. The highest BCUT2D eigenvalue weighted by Crippen LogP contribution is 2.28. The molecule has 8 heteroatoms. The maximum absolute atomic E-state index is 13.9. The molecule has 2 heterocycles. The minimum absolute atomic E-state index is 0.122. The maximum Gasteiger partial charge on any atom is 0.247 e. The molecule has 37 heavy (non-hydrogen) atoms. The molecular weight excluding hydrogens is 486 g/mol. The van der Waals surface area contributed by atoms with E-state index in [0.717, 1.165) is 26.9 Å². The zero-order valence-corrected chi connectivity index (χ0v) is 22.1. The van der Waals surface area contributed by atoms with E-state index < -0.39 is 6.04 Å². The summed E-state index contributed by atoms with van der Waals surface area (Å²) in [6.45, 7) is 3.96. The van der Waals surface area contributed by atoms with Gasteiger partial charge in [-0.1, -0.05) is 36.4 Å². The molecule has 0 unspecified atom stereocenters. The van der Waals surface area contributed by atoms with E-state index >= 15 is 0 Å². The summed E-state index contributed by atoms with van der Waals surface area (Å²) in [6, 6.07) is 18.4. The van der Waals surface area contributed by atoms with Crippen molar-refractivity contribution in [2.45, 2.75) is 32.4 Å². The topological polar surface area (TPSA) is 83.7 Å². The normalized spacial score (nSPS) is 11.8. The van der Waals surface area contributed by atoms with Crippen LogP contribution in [0, 0.1) is 0 Å². The molecule has 0 bridgehead atoms. The zero-order valence-electron chi connectivity index (χ0n) is 21.2. The molecule has 0 aliphatic carbocycles. The fraction of sp³-hybridized carbons (Fsp3) is 0.310. The van der Waals surface area contributed by atoms with E-state index in [2.05, 4.69) is 10.3 Å². The lowest BCUT2D eigenvalue weighted by molar-refractivity contribution is -0.141. The number of hydrogen-bond donors (Lipinski definition) is 2. The molecule has 194 valence electrons. The summed E-state index contributed by atoms with van der Waals surface area (Å²) >= 11 is 1.57. The van der Waals surface area contributed by atoms with Gasteiger partial charge in [0.05, 0.1) is 20.1 Å². The number of aromatic amines is 1. The molecule has 0 spiro atoms. The summed E-state index contributed by atoms with van der Waals surface area (Å²) in [5.41, 5.74) is 2.61. The molecule has 0 fully saturated rings. The van der Waals surface area contributed by atoms with Crippen LogP contribution in [0.15, 0.2) is 72.2 Å². The van der Waals surface area contributed by atoms with E-state index in [1.807, 2.05) is 79.2 Å². The van der Waals surface area contributed by atoms with Crippen LogP contribution in [0.4, 0.5) is 0 Å². The number of carbonyl (C=O) groups excluding carboxylic acids is 2. The SMILES string of the molecule is CCOCCCNC(=O)[C@H](c1ccc(OC)cc1)N(Cc1cccs1)C(=O)Cc1c[nH]c2ccccc12. The third-order valence-corrected chi connectivity index (χ3v) is 7.06. The van der Waals surface area contributed by atoms with Gasteiger partial charge in [-0.3, -0.25) is 9.59 Å². The van der Waals surface area contributed by atoms with E-state index in [4.69, 9.17) is 9.47 Å². The lowest BCUT2D eigenvalue weighted by Gasteiger charge is -2.31. The maximum atomic E-state index is 13.9. The molecule has 4 rings (SSSR count). The first kappa shape index (κ1) is 26.4. The van der Waals surface area contributed by atoms with E-state index in [1.54, 1.807) is 23.3 Å². The summed E-state index contributed by atoms with van der Waals surface area (Å²) in [4.78, 5) is 33.5. The van der Waals surface area contributed by atoms with Crippen molar-refractivity contribution in [3.8, 4) is 5.75 Å². The van der Waals surface area contributed by atoms with Crippen LogP contribution >= 0.6 is 11.3 Å². The Morgan fingerprint density at radius 1 is 1.08 bits per heavy atom. The number of carbonyl (C=O) groups is 2. The number of fused-ring (bicyclic) bond motifs is 1. The lowest BCUT2D eigenvalue weighted by atomic mass is 10.0. The number of methoxy groups -OCH3 is 1. The van der Waals surface area contributed by atoms with Crippen molar-refractivity contribution in [2.75, 3.05) is 26.9 Å². The van der Waals surface area contributed by atoms with Crippen molar-refractivity contribution in [1.82, 2.24) is 15.2 Å². The molecular formula is C29H33N3O4S. The van der Waals surface area contributed by atoms with Gasteiger partial charge in [0.1, 0.15) is 11.8 Å². The van der Waals surface area contributed by atoms with E-state index in [-0.39, 0.29) is 18.2 Å². The van der Waals surface area contributed by atoms with Gasteiger partial charge < -0.3 is 24.7 Å². The molecule has 2 aromatic carbocycles. The van der Waals surface area contributed by atoms with Crippen LogP contribution in [0.5, 0.6) is 5.75 Å². The van der Waals surface area contributed by atoms with Crippen LogP contribution in [0.2, 0.25) is 0 Å². The van der Waals surface area contributed by atoms with Gasteiger partial charge in [-0.15, -0.1) is 11.3 Å². The third-order valence-electron chi connectivity index (χ3n) is 6.20. The first-order chi connectivity index (χ1) is 18.1. The second-order valence-corrected chi connectivity index (χ2v) is 9.69. The molecule has 2 amide bonds. The predicted octanol–water partition coefficient (Wildman–Crippen LogP) is 5.09. The first-order valence-corrected chi connectivity index (χ1v) is 13.3. The Kier molecular flexibility index (Phi) is 9.35. The van der Waals surface area contributed by atoms with Crippen LogP contribution in [-0.4, -0.2) is 48.6 Å². The Hall–Kier alpha value is -3.62. The number of ether oxygens (including phenoxy) is 2. The van der Waals surface area contributed by atoms with E-state index in [0.29, 0.717) is 38.5 Å². The Labute approximate surface area is 221 Å². The van der Waals surface area contributed by atoms with Crippen molar-refractivity contribution in [2.24, 2.45) is 0 Å². The van der Waals surface area contributed by atoms with Crippen LogP contribution in [0.3, 0.4) is 0 Å². The average molecular weight is 520 g/mol. The molecule has 7 nitrogen and oxygen atoms in total. The summed E-state index contributed by atoms with van der Waals surface area (Å²) in [6.07, 6.45) is 2.75. The number of amides is 2. The highest BCUT2D eigenvalue weighted by Gasteiger charge is 2.32. The molecule has 0 saturated carbocycles. The second kappa shape index (κ2) is 13.1. The number of rotatable bonds is 13. The molecule has 0 aliphatic rings. The Morgan fingerprint density at radius 3 is 2.62 bits per heavy atom. The van der Waals surface area contributed by atoms with Gasteiger partial charge in [-0.25, -0.2) is 0 Å². The van der Waals surface area contributed by atoms with Gasteiger partial charge in [0.2, 0.25) is 11.8 Å². The van der Waals surface area contributed by atoms with Gasteiger partial charge in [-0.2, -0.15) is 0 Å². The molecule has 2 aromatic heterocycles. The standard InChI is InChI=1S/C29H33N3O4S/c1-3-36-16-7-15-30-29(34)28(21-11-13-23(35-2)14-12-21)32(20-24-8-6-17-37-24)27(33)18-22-19-31-26-10-5-4-9-25(22)26/h4-6,8-14,17,19,28,31H,3,7,15-16,18,20H2,1-2H3,(H,30,34)/t28-/m0/s1. The van der Waals surface area contributed by atoms with Crippen molar-refractivity contribution in [3.63, 3.8) is 0 Å².